The van der Waals surface area contributed by atoms with E-state index in [1.54, 1.807) is 25.4 Å². The number of rotatable bonds is 1. The molecule has 0 aliphatic carbocycles. The number of H-pyrrole nitrogens is 1. The molecule has 3 N–H and O–H groups in total. The maximum Gasteiger partial charge on any atom is 0.129 e. The molecule has 13 heavy (non-hydrogen) atoms. The van der Waals surface area contributed by atoms with Gasteiger partial charge in [-0.1, -0.05) is 11.6 Å². The summed E-state index contributed by atoms with van der Waals surface area (Å²) in [6.45, 7) is 0. The van der Waals surface area contributed by atoms with E-state index in [1.807, 2.05) is 0 Å². The fourth-order valence-corrected chi connectivity index (χ4v) is 1.61. The molecule has 0 unspecified atom stereocenters. The number of methoxy groups -OCH3 is 1. The third-order valence-corrected chi connectivity index (χ3v) is 2.30. The van der Waals surface area contributed by atoms with Gasteiger partial charge in [0.05, 0.1) is 28.7 Å². The van der Waals surface area contributed by atoms with Crippen molar-refractivity contribution in [1.29, 1.82) is 0 Å². The summed E-state index contributed by atoms with van der Waals surface area (Å²) in [6.07, 6.45) is 1.70. The minimum Gasteiger partial charge on any atom is -0.496 e. The molecule has 0 spiro atoms. The quantitative estimate of drug-likeness (QED) is 0.689. The zero-order valence-corrected chi connectivity index (χ0v) is 7.85. The number of anilines is 1. The van der Waals surface area contributed by atoms with Crippen molar-refractivity contribution < 1.29 is 4.74 Å². The van der Waals surface area contributed by atoms with Crippen LogP contribution in [0.15, 0.2) is 18.3 Å². The molecule has 0 radical (unpaired) electrons. The normalized spacial score (nSPS) is 10.6. The lowest BCUT2D eigenvalue weighted by molar-refractivity contribution is 0.420. The minimum absolute atomic E-state index is 0.624. The first-order chi connectivity index (χ1) is 6.24. The molecule has 0 saturated heterocycles. The van der Waals surface area contributed by atoms with Crippen LogP contribution in [0.1, 0.15) is 0 Å². The van der Waals surface area contributed by atoms with Crippen LogP contribution >= 0.6 is 11.6 Å². The van der Waals surface area contributed by atoms with E-state index in [4.69, 9.17) is 22.1 Å². The van der Waals surface area contributed by atoms with Gasteiger partial charge in [-0.05, 0) is 12.1 Å². The van der Waals surface area contributed by atoms with Gasteiger partial charge in [-0.3, -0.25) is 0 Å². The number of nitrogens with one attached hydrogen (secondary N) is 1. The second-order valence-electron chi connectivity index (χ2n) is 2.74. The maximum absolute atomic E-state index is 5.96. The van der Waals surface area contributed by atoms with Gasteiger partial charge >= 0.3 is 0 Å². The van der Waals surface area contributed by atoms with Crippen LogP contribution in [0.3, 0.4) is 0 Å². The van der Waals surface area contributed by atoms with Crippen LogP contribution in [-0.4, -0.2) is 12.1 Å². The first kappa shape index (κ1) is 8.26. The number of aromatic amines is 1. The third kappa shape index (κ3) is 1.12. The smallest absolute Gasteiger partial charge is 0.129 e. The number of benzene rings is 1. The average Bonchev–Trinajstić information content (AvgIpc) is 2.51. The zero-order chi connectivity index (χ0) is 9.42. The molecule has 1 aromatic heterocycles. The first-order valence-electron chi connectivity index (χ1n) is 3.83. The topological polar surface area (TPSA) is 51.0 Å². The van der Waals surface area contributed by atoms with Crippen LogP contribution in [0.4, 0.5) is 5.69 Å². The number of hydrogen-bond acceptors (Lipinski definition) is 2. The van der Waals surface area contributed by atoms with Gasteiger partial charge in [0.25, 0.3) is 0 Å². The Bertz CT molecular complexity index is 450. The number of ether oxygens (including phenoxy) is 1. The number of halogens is 1. The number of hydrogen-bond donors (Lipinski definition) is 2. The van der Waals surface area contributed by atoms with Crippen LogP contribution in [-0.2, 0) is 0 Å². The van der Waals surface area contributed by atoms with Gasteiger partial charge in [-0.15, -0.1) is 0 Å². The molecule has 2 rings (SSSR count). The van der Waals surface area contributed by atoms with E-state index in [9.17, 15) is 0 Å². The molecule has 2 aromatic rings. The van der Waals surface area contributed by atoms with Gasteiger partial charge in [-0.2, -0.15) is 0 Å². The van der Waals surface area contributed by atoms with Crippen molar-refractivity contribution >= 4 is 28.2 Å². The lowest BCUT2D eigenvalue weighted by atomic mass is 10.2. The summed E-state index contributed by atoms with van der Waals surface area (Å²) in [5.41, 5.74) is 7.24. The first-order valence-corrected chi connectivity index (χ1v) is 4.21. The molecule has 68 valence electrons. The SMILES string of the molecule is COc1ccc(N)c2[nH]cc(Cl)c12. The fraction of sp³-hybridized carbons (Fsp3) is 0.111. The Labute approximate surface area is 80.4 Å². The van der Waals surface area contributed by atoms with E-state index in [1.165, 1.54) is 0 Å². The lowest BCUT2D eigenvalue weighted by Gasteiger charge is -2.03. The van der Waals surface area contributed by atoms with Gasteiger partial charge in [0.15, 0.2) is 0 Å². The molecule has 0 amide bonds. The number of aromatic nitrogens is 1. The van der Waals surface area contributed by atoms with Crippen LogP contribution < -0.4 is 10.5 Å². The highest BCUT2D eigenvalue weighted by atomic mass is 35.5. The monoisotopic (exact) mass is 196 g/mol. The van der Waals surface area contributed by atoms with Crippen molar-refractivity contribution in [2.45, 2.75) is 0 Å². The molecule has 0 saturated carbocycles. The molecule has 0 fully saturated rings. The number of fused-ring (bicyclic) bond motifs is 1. The molecule has 0 atom stereocenters. The van der Waals surface area contributed by atoms with Crippen LogP contribution in [0, 0.1) is 0 Å². The van der Waals surface area contributed by atoms with Gasteiger partial charge in [0.1, 0.15) is 5.75 Å². The molecule has 0 bridgehead atoms. The zero-order valence-electron chi connectivity index (χ0n) is 7.10. The highest BCUT2D eigenvalue weighted by molar-refractivity contribution is 6.36. The van der Waals surface area contributed by atoms with Crippen molar-refractivity contribution in [1.82, 2.24) is 4.98 Å². The Kier molecular flexibility index (Phi) is 1.81. The van der Waals surface area contributed by atoms with Crippen LogP contribution in [0.2, 0.25) is 5.02 Å². The van der Waals surface area contributed by atoms with Crippen LogP contribution in [0.5, 0.6) is 5.75 Å². The summed E-state index contributed by atoms with van der Waals surface area (Å²) in [5.74, 6) is 0.732. The summed E-state index contributed by atoms with van der Waals surface area (Å²) in [4.78, 5) is 2.99. The largest absolute Gasteiger partial charge is 0.496 e. The average molecular weight is 197 g/mol. The fourth-order valence-electron chi connectivity index (χ4n) is 1.37. The van der Waals surface area contributed by atoms with Gasteiger partial charge < -0.3 is 15.5 Å². The Hall–Kier alpha value is -1.35. The van der Waals surface area contributed by atoms with Crippen molar-refractivity contribution in [2.24, 2.45) is 0 Å². The highest BCUT2D eigenvalue weighted by Gasteiger charge is 2.09. The predicted molar refractivity (Wildman–Crippen MR) is 54.3 cm³/mol. The number of nitrogen functional groups attached to an aromatic ring is 1. The van der Waals surface area contributed by atoms with Gasteiger partial charge in [0, 0.05) is 6.20 Å². The van der Waals surface area contributed by atoms with E-state index in [2.05, 4.69) is 4.98 Å². The van der Waals surface area contributed by atoms with Crippen molar-refractivity contribution in [3.05, 3.63) is 23.4 Å². The number of nitrogens with two attached hydrogens (primary N) is 1. The summed E-state index contributed by atoms with van der Waals surface area (Å²) >= 11 is 5.96. The minimum atomic E-state index is 0.624. The molecular weight excluding hydrogens is 188 g/mol. The van der Waals surface area contributed by atoms with E-state index in [0.29, 0.717) is 10.7 Å². The van der Waals surface area contributed by atoms with Gasteiger partial charge in [0.2, 0.25) is 0 Å². The molecule has 1 aromatic carbocycles. The summed E-state index contributed by atoms with van der Waals surface area (Å²) in [6, 6.07) is 3.59. The molecule has 0 aliphatic heterocycles. The molecule has 0 aliphatic rings. The highest BCUT2D eigenvalue weighted by Crippen LogP contribution is 2.34. The van der Waals surface area contributed by atoms with Crippen LogP contribution in [0.25, 0.3) is 10.9 Å². The molecule has 4 heteroatoms. The standard InChI is InChI=1S/C9H9ClN2O/c1-13-7-3-2-6(11)9-8(7)5(10)4-12-9/h2-4,12H,11H2,1H3. The second kappa shape index (κ2) is 2.85. The van der Waals surface area contributed by atoms with E-state index < -0.39 is 0 Å². The second-order valence-corrected chi connectivity index (χ2v) is 3.15. The van der Waals surface area contributed by atoms with E-state index in [0.717, 1.165) is 16.7 Å². The van der Waals surface area contributed by atoms with Gasteiger partial charge in [-0.25, -0.2) is 0 Å². The third-order valence-electron chi connectivity index (χ3n) is 2.00. The van der Waals surface area contributed by atoms with Crippen molar-refractivity contribution in [2.75, 3.05) is 12.8 Å². The molecule has 1 heterocycles. The Morgan fingerprint density at radius 2 is 2.23 bits per heavy atom. The van der Waals surface area contributed by atoms with E-state index in [-0.39, 0.29) is 0 Å². The summed E-state index contributed by atoms with van der Waals surface area (Å²) in [7, 11) is 1.61. The van der Waals surface area contributed by atoms with Crippen molar-refractivity contribution in [3.8, 4) is 5.75 Å². The predicted octanol–water partition coefficient (Wildman–Crippen LogP) is 2.41. The maximum atomic E-state index is 5.96. The Morgan fingerprint density at radius 3 is 2.92 bits per heavy atom. The van der Waals surface area contributed by atoms with E-state index >= 15 is 0 Å². The molecular formula is C9H9ClN2O. The Morgan fingerprint density at radius 1 is 1.46 bits per heavy atom. The summed E-state index contributed by atoms with van der Waals surface area (Å²) < 4.78 is 5.16. The summed E-state index contributed by atoms with van der Waals surface area (Å²) in [5, 5.41) is 1.46. The lowest BCUT2D eigenvalue weighted by Crippen LogP contribution is -1.89. The molecule has 3 nitrogen and oxygen atoms in total. The Balaban J connectivity index is 2.88. The van der Waals surface area contributed by atoms with Crippen molar-refractivity contribution in [3.63, 3.8) is 0 Å².